The smallest absolute Gasteiger partial charge is 0.414 e. The Hall–Kier alpha value is -2.87. The van der Waals surface area contributed by atoms with Gasteiger partial charge in [0.15, 0.2) is 0 Å². The number of benzene rings is 1. The molecule has 33 heavy (non-hydrogen) atoms. The minimum Gasteiger partial charge on any atom is -0.446 e. The Morgan fingerprint density at radius 3 is 2.70 bits per heavy atom. The Labute approximate surface area is 194 Å². The highest BCUT2D eigenvalue weighted by molar-refractivity contribution is 6.05. The maximum Gasteiger partial charge on any atom is 0.414 e. The lowest BCUT2D eigenvalue weighted by molar-refractivity contribution is -0.120. The van der Waals surface area contributed by atoms with Crippen molar-refractivity contribution in [2.75, 3.05) is 29.4 Å². The highest BCUT2D eigenvalue weighted by atomic mass is 16.6. The van der Waals surface area contributed by atoms with E-state index in [1.165, 1.54) is 6.42 Å². The van der Waals surface area contributed by atoms with Crippen LogP contribution in [-0.2, 0) is 16.1 Å². The highest BCUT2D eigenvalue weighted by Crippen LogP contribution is 2.42. The van der Waals surface area contributed by atoms with Gasteiger partial charge in [-0.1, -0.05) is 6.07 Å². The van der Waals surface area contributed by atoms with Gasteiger partial charge in [0, 0.05) is 30.8 Å². The number of aromatic nitrogens is 2. The number of anilines is 2. The molecule has 2 aliphatic heterocycles. The van der Waals surface area contributed by atoms with Gasteiger partial charge >= 0.3 is 6.09 Å². The van der Waals surface area contributed by atoms with Gasteiger partial charge in [0.2, 0.25) is 5.91 Å². The summed E-state index contributed by atoms with van der Waals surface area (Å²) in [4.78, 5) is 29.6. The van der Waals surface area contributed by atoms with E-state index < -0.39 is 0 Å². The summed E-state index contributed by atoms with van der Waals surface area (Å²) in [6.07, 6.45) is 6.42. The van der Waals surface area contributed by atoms with Gasteiger partial charge in [0.05, 0.1) is 29.7 Å². The fraction of sp³-hybridized carbons (Fsp3) is 0.560. The molecule has 1 saturated carbocycles. The standard InChI is InChI=1S/C25H33N5O3/c1-16(2)33-25(32)29-13-17(3)30(24(31)19-4-5-19)22-7-6-20(10-23(22)29)21-12-27-28(15-21)14-18-8-9-26-11-18/h6-7,10,12,15-19,26H,4-5,8-9,11,13-14H2,1-3H3/t17-,18+/m0/s1. The van der Waals surface area contributed by atoms with Crippen LogP contribution in [0.4, 0.5) is 16.2 Å². The van der Waals surface area contributed by atoms with E-state index in [0.29, 0.717) is 12.5 Å². The summed E-state index contributed by atoms with van der Waals surface area (Å²) in [5, 5.41) is 7.97. The molecule has 0 radical (unpaired) electrons. The number of hydrogen-bond acceptors (Lipinski definition) is 5. The Morgan fingerprint density at radius 1 is 1.18 bits per heavy atom. The second-order valence-corrected chi connectivity index (χ2v) is 9.89. The molecule has 176 valence electrons. The number of nitrogens with one attached hydrogen (secondary N) is 1. The molecule has 1 aromatic carbocycles. The fourth-order valence-corrected chi connectivity index (χ4v) is 4.85. The minimum atomic E-state index is -0.377. The normalized spacial score (nSPS) is 22.5. The van der Waals surface area contributed by atoms with Crippen LogP contribution in [-0.4, -0.2) is 53.6 Å². The van der Waals surface area contributed by atoms with E-state index in [9.17, 15) is 9.59 Å². The predicted octanol–water partition coefficient (Wildman–Crippen LogP) is 3.66. The van der Waals surface area contributed by atoms with Crippen LogP contribution in [0, 0.1) is 11.8 Å². The molecule has 0 unspecified atom stereocenters. The minimum absolute atomic E-state index is 0.109. The maximum absolute atomic E-state index is 13.1. The molecular weight excluding hydrogens is 418 g/mol. The van der Waals surface area contributed by atoms with E-state index in [-0.39, 0.29) is 30.1 Å². The van der Waals surface area contributed by atoms with Crippen molar-refractivity contribution in [3.05, 3.63) is 30.6 Å². The number of carbonyl (C=O) groups is 2. The number of ether oxygens (including phenoxy) is 1. The molecule has 2 amide bonds. The first-order valence-corrected chi connectivity index (χ1v) is 12.1. The molecule has 1 aliphatic carbocycles. The van der Waals surface area contributed by atoms with Crippen LogP contribution >= 0.6 is 0 Å². The number of amides is 2. The van der Waals surface area contributed by atoms with Crippen molar-refractivity contribution in [1.82, 2.24) is 15.1 Å². The van der Waals surface area contributed by atoms with Gasteiger partial charge in [-0.25, -0.2) is 4.79 Å². The Balaban J connectivity index is 1.48. The lowest BCUT2D eigenvalue weighted by atomic mass is 10.0. The maximum atomic E-state index is 13.1. The first-order valence-electron chi connectivity index (χ1n) is 12.1. The molecule has 2 atom stereocenters. The van der Waals surface area contributed by atoms with E-state index in [1.54, 1.807) is 4.90 Å². The molecular formula is C25H33N5O3. The fourth-order valence-electron chi connectivity index (χ4n) is 4.85. The summed E-state index contributed by atoms with van der Waals surface area (Å²) in [5.74, 6) is 0.870. The molecule has 1 saturated heterocycles. The number of fused-ring (bicyclic) bond motifs is 1. The Kier molecular flexibility index (Phi) is 5.86. The number of nitrogens with zero attached hydrogens (tertiary/aromatic N) is 4. The van der Waals surface area contributed by atoms with Crippen LogP contribution in [0.2, 0.25) is 0 Å². The SMILES string of the molecule is CC(C)OC(=O)N1C[C@H](C)N(C(=O)C2CC2)c2ccc(-c3cnn(C[C@@H]4CCNC4)c3)cc21. The zero-order chi connectivity index (χ0) is 23.1. The molecule has 8 nitrogen and oxygen atoms in total. The molecule has 8 heteroatoms. The topological polar surface area (TPSA) is 79.7 Å². The summed E-state index contributed by atoms with van der Waals surface area (Å²) in [5.41, 5.74) is 3.47. The summed E-state index contributed by atoms with van der Waals surface area (Å²) in [6, 6.07) is 5.87. The van der Waals surface area contributed by atoms with Crippen LogP contribution in [0.25, 0.3) is 11.1 Å². The number of carbonyl (C=O) groups excluding carboxylic acids is 2. The number of rotatable bonds is 5. The van der Waals surface area contributed by atoms with Crippen molar-refractivity contribution in [1.29, 1.82) is 0 Å². The first kappa shape index (κ1) is 21.9. The van der Waals surface area contributed by atoms with Crippen molar-refractivity contribution < 1.29 is 14.3 Å². The van der Waals surface area contributed by atoms with Gasteiger partial charge < -0.3 is 15.0 Å². The Morgan fingerprint density at radius 2 is 2.00 bits per heavy atom. The van der Waals surface area contributed by atoms with E-state index in [4.69, 9.17) is 4.74 Å². The lowest BCUT2D eigenvalue weighted by Gasteiger charge is -2.41. The molecule has 1 N–H and O–H groups in total. The molecule has 3 heterocycles. The van der Waals surface area contributed by atoms with Crippen LogP contribution in [0.5, 0.6) is 0 Å². The van der Waals surface area contributed by atoms with Crippen molar-refractivity contribution in [3.8, 4) is 11.1 Å². The predicted molar refractivity (Wildman–Crippen MR) is 127 cm³/mol. The second kappa shape index (κ2) is 8.82. The largest absolute Gasteiger partial charge is 0.446 e. The van der Waals surface area contributed by atoms with Crippen LogP contribution < -0.4 is 15.1 Å². The van der Waals surface area contributed by atoms with Crippen LogP contribution in [0.3, 0.4) is 0 Å². The quantitative estimate of drug-likeness (QED) is 0.751. The summed E-state index contributed by atoms with van der Waals surface area (Å²) in [6.45, 7) is 9.10. The van der Waals surface area contributed by atoms with Crippen molar-refractivity contribution in [2.24, 2.45) is 11.8 Å². The van der Waals surface area contributed by atoms with Gasteiger partial charge in [-0.15, -0.1) is 0 Å². The third-order valence-electron chi connectivity index (χ3n) is 6.71. The average molecular weight is 452 g/mol. The second-order valence-electron chi connectivity index (χ2n) is 9.89. The molecule has 1 aromatic heterocycles. The molecule has 2 fully saturated rings. The van der Waals surface area contributed by atoms with Crippen LogP contribution in [0.15, 0.2) is 30.6 Å². The Bertz CT molecular complexity index is 1040. The third kappa shape index (κ3) is 4.49. The van der Waals surface area contributed by atoms with Crippen molar-refractivity contribution in [3.63, 3.8) is 0 Å². The van der Waals surface area contributed by atoms with Crippen molar-refractivity contribution >= 4 is 23.4 Å². The average Bonchev–Trinajstić information content (AvgIpc) is 3.31. The molecule has 0 spiro atoms. The summed E-state index contributed by atoms with van der Waals surface area (Å²) < 4.78 is 7.54. The van der Waals surface area contributed by atoms with Gasteiger partial charge in [0.25, 0.3) is 0 Å². The zero-order valence-corrected chi connectivity index (χ0v) is 19.7. The molecule has 5 rings (SSSR count). The monoisotopic (exact) mass is 451 g/mol. The number of hydrogen-bond donors (Lipinski definition) is 1. The van der Waals surface area contributed by atoms with Gasteiger partial charge in [-0.05, 0) is 76.7 Å². The van der Waals surface area contributed by atoms with E-state index >= 15 is 0 Å². The van der Waals surface area contributed by atoms with Crippen molar-refractivity contribution in [2.45, 2.75) is 58.7 Å². The zero-order valence-electron chi connectivity index (χ0n) is 19.7. The first-order chi connectivity index (χ1) is 15.9. The van der Waals surface area contributed by atoms with Crippen LogP contribution in [0.1, 0.15) is 40.0 Å². The molecule has 2 aromatic rings. The summed E-state index contributed by atoms with van der Waals surface area (Å²) >= 11 is 0. The van der Waals surface area contributed by atoms with E-state index in [2.05, 4.69) is 16.6 Å². The summed E-state index contributed by atoms with van der Waals surface area (Å²) in [7, 11) is 0. The van der Waals surface area contributed by atoms with E-state index in [1.807, 2.05) is 54.7 Å². The third-order valence-corrected chi connectivity index (χ3v) is 6.71. The van der Waals surface area contributed by atoms with Gasteiger partial charge in [-0.2, -0.15) is 5.10 Å². The van der Waals surface area contributed by atoms with Gasteiger partial charge in [-0.3, -0.25) is 14.4 Å². The highest BCUT2D eigenvalue weighted by Gasteiger charge is 2.41. The van der Waals surface area contributed by atoms with Gasteiger partial charge in [0.1, 0.15) is 0 Å². The lowest BCUT2D eigenvalue weighted by Crippen LogP contribution is -2.52. The molecule has 0 bridgehead atoms. The molecule has 3 aliphatic rings. The van der Waals surface area contributed by atoms with E-state index in [0.717, 1.165) is 55.0 Å².